The van der Waals surface area contributed by atoms with Crippen molar-refractivity contribution in [1.82, 2.24) is 29.2 Å². The second kappa shape index (κ2) is 6.20. The Morgan fingerprint density at radius 3 is 2.88 bits per heavy atom. The maximum Gasteiger partial charge on any atom is 0.270 e. The molecule has 1 amide bonds. The van der Waals surface area contributed by atoms with E-state index in [1.165, 1.54) is 0 Å². The van der Waals surface area contributed by atoms with Crippen LogP contribution in [0, 0.1) is 6.92 Å². The second-order valence-electron chi connectivity index (χ2n) is 5.62. The lowest BCUT2D eigenvalue weighted by molar-refractivity contribution is 0.0944. The first-order valence-corrected chi connectivity index (χ1v) is 7.88. The minimum Gasteiger partial charge on any atom is -0.347 e. The largest absolute Gasteiger partial charge is 0.347 e. The molecule has 124 valence electrons. The third-order valence-corrected chi connectivity index (χ3v) is 4.01. The topological polar surface area (TPSA) is 77.1 Å². The van der Waals surface area contributed by atoms with Gasteiger partial charge in [-0.1, -0.05) is 18.2 Å². The molecule has 0 radical (unpaired) electrons. The molecular formula is C18H16N6O. The summed E-state index contributed by atoms with van der Waals surface area (Å²) in [7, 11) is 0. The highest BCUT2D eigenvalue weighted by atomic mass is 16.1. The van der Waals surface area contributed by atoms with Crippen LogP contribution in [0.2, 0.25) is 0 Å². The molecule has 0 aliphatic carbocycles. The molecule has 0 aliphatic heterocycles. The molecule has 1 aromatic carbocycles. The summed E-state index contributed by atoms with van der Waals surface area (Å²) in [6, 6.07) is 9.66. The molecule has 0 atom stereocenters. The number of carbonyl (C=O) groups excluding carboxylic acids is 1. The van der Waals surface area contributed by atoms with E-state index in [0.717, 1.165) is 11.3 Å². The van der Waals surface area contributed by atoms with Gasteiger partial charge >= 0.3 is 0 Å². The summed E-state index contributed by atoms with van der Waals surface area (Å²) < 4.78 is 3.62. The zero-order valence-electron chi connectivity index (χ0n) is 13.6. The maximum atomic E-state index is 12.7. The van der Waals surface area contributed by atoms with E-state index in [1.54, 1.807) is 35.4 Å². The fourth-order valence-electron chi connectivity index (χ4n) is 2.84. The summed E-state index contributed by atoms with van der Waals surface area (Å²) in [6.45, 7) is 2.21. The third kappa shape index (κ3) is 2.76. The number of hydrogen-bond acceptors (Lipinski definition) is 4. The van der Waals surface area contributed by atoms with Gasteiger partial charge < -0.3 is 9.88 Å². The van der Waals surface area contributed by atoms with Gasteiger partial charge in [-0.2, -0.15) is 0 Å². The molecule has 25 heavy (non-hydrogen) atoms. The highest BCUT2D eigenvalue weighted by Gasteiger charge is 2.17. The van der Waals surface area contributed by atoms with Crippen LogP contribution in [0.3, 0.4) is 0 Å². The van der Waals surface area contributed by atoms with E-state index < -0.39 is 0 Å². The monoisotopic (exact) mass is 332 g/mol. The van der Waals surface area contributed by atoms with Crippen molar-refractivity contribution >= 4 is 11.7 Å². The average molecular weight is 332 g/mol. The van der Waals surface area contributed by atoms with Crippen molar-refractivity contribution in [2.75, 3.05) is 0 Å². The predicted molar refractivity (Wildman–Crippen MR) is 92.5 cm³/mol. The summed E-state index contributed by atoms with van der Waals surface area (Å²) in [6.07, 6.45) is 8.79. The number of nitrogens with one attached hydrogen (secondary N) is 1. The Kier molecular flexibility index (Phi) is 3.74. The molecule has 0 fully saturated rings. The number of amides is 1. The Morgan fingerprint density at radius 2 is 2.04 bits per heavy atom. The van der Waals surface area contributed by atoms with Crippen molar-refractivity contribution < 1.29 is 4.79 Å². The first kappa shape index (κ1) is 15.1. The molecule has 4 rings (SSSR count). The van der Waals surface area contributed by atoms with E-state index in [4.69, 9.17) is 0 Å². The standard InChI is InChI=1S/C18H16N6O/c1-13-16(24-9-4-7-20-18(24)22-13)17(25)21-11-14-5-2-3-6-15(14)23-10-8-19-12-23/h2-10,12H,11H2,1H3,(H,21,25). The van der Waals surface area contributed by atoms with Crippen LogP contribution in [0.15, 0.2) is 61.4 Å². The molecule has 3 heterocycles. The lowest BCUT2D eigenvalue weighted by Crippen LogP contribution is -2.25. The number of para-hydroxylation sites is 1. The SMILES string of the molecule is Cc1nc2ncccn2c1C(=O)NCc1ccccc1-n1ccnc1. The van der Waals surface area contributed by atoms with Gasteiger partial charge in [0.05, 0.1) is 17.7 Å². The number of rotatable bonds is 4. The number of imidazole rings is 2. The Balaban J connectivity index is 1.60. The van der Waals surface area contributed by atoms with Gasteiger partial charge in [-0.3, -0.25) is 9.20 Å². The van der Waals surface area contributed by atoms with E-state index in [9.17, 15) is 4.79 Å². The molecule has 0 aliphatic rings. The fourth-order valence-corrected chi connectivity index (χ4v) is 2.84. The predicted octanol–water partition coefficient (Wildman–Crippen LogP) is 2.15. The first-order chi connectivity index (χ1) is 12.2. The van der Waals surface area contributed by atoms with Gasteiger partial charge in [0.25, 0.3) is 5.91 Å². The normalized spacial score (nSPS) is 10.9. The van der Waals surface area contributed by atoms with E-state index in [-0.39, 0.29) is 5.91 Å². The van der Waals surface area contributed by atoms with Gasteiger partial charge in [-0.05, 0) is 24.6 Å². The Labute approximate surface area is 144 Å². The number of hydrogen-bond donors (Lipinski definition) is 1. The zero-order chi connectivity index (χ0) is 17.2. The summed E-state index contributed by atoms with van der Waals surface area (Å²) in [4.78, 5) is 25.3. The quantitative estimate of drug-likeness (QED) is 0.621. The number of aromatic nitrogens is 5. The average Bonchev–Trinajstić information content (AvgIpc) is 3.27. The van der Waals surface area contributed by atoms with E-state index in [1.807, 2.05) is 42.0 Å². The summed E-state index contributed by atoms with van der Waals surface area (Å²) in [5, 5.41) is 2.98. The van der Waals surface area contributed by atoms with Crippen LogP contribution >= 0.6 is 0 Å². The van der Waals surface area contributed by atoms with Crippen LogP contribution in [0.4, 0.5) is 0 Å². The molecule has 4 aromatic rings. The molecule has 0 spiro atoms. The van der Waals surface area contributed by atoms with Gasteiger partial charge in [0.15, 0.2) is 0 Å². The Morgan fingerprint density at radius 1 is 1.16 bits per heavy atom. The van der Waals surface area contributed by atoms with Crippen LogP contribution in [-0.2, 0) is 6.54 Å². The van der Waals surface area contributed by atoms with Gasteiger partial charge in [-0.25, -0.2) is 15.0 Å². The van der Waals surface area contributed by atoms with Crippen molar-refractivity contribution in [3.05, 3.63) is 78.4 Å². The van der Waals surface area contributed by atoms with Gasteiger partial charge in [0, 0.05) is 31.3 Å². The lowest BCUT2D eigenvalue weighted by atomic mass is 10.1. The maximum absolute atomic E-state index is 12.7. The van der Waals surface area contributed by atoms with Crippen molar-refractivity contribution in [3.8, 4) is 5.69 Å². The molecule has 0 saturated carbocycles. The molecule has 0 unspecified atom stereocenters. The smallest absolute Gasteiger partial charge is 0.270 e. The number of aryl methyl sites for hydroxylation is 1. The molecule has 0 saturated heterocycles. The Bertz CT molecular complexity index is 1030. The van der Waals surface area contributed by atoms with E-state index >= 15 is 0 Å². The van der Waals surface area contributed by atoms with Crippen molar-refractivity contribution in [2.45, 2.75) is 13.5 Å². The van der Waals surface area contributed by atoms with E-state index in [2.05, 4.69) is 20.3 Å². The molecule has 3 aromatic heterocycles. The van der Waals surface area contributed by atoms with Crippen LogP contribution < -0.4 is 5.32 Å². The highest BCUT2D eigenvalue weighted by molar-refractivity contribution is 5.94. The molecule has 1 N–H and O–H groups in total. The molecular weight excluding hydrogens is 316 g/mol. The fraction of sp³-hybridized carbons (Fsp3) is 0.111. The van der Waals surface area contributed by atoms with Crippen molar-refractivity contribution in [3.63, 3.8) is 0 Å². The second-order valence-corrected chi connectivity index (χ2v) is 5.62. The van der Waals surface area contributed by atoms with E-state index in [0.29, 0.717) is 23.7 Å². The third-order valence-electron chi connectivity index (χ3n) is 4.01. The summed E-state index contributed by atoms with van der Waals surface area (Å²) in [5.41, 5.74) is 3.14. The van der Waals surface area contributed by atoms with Crippen molar-refractivity contribution in [2.24, 2.45) is 0 Å². The molecule has 7 nitrogen and oxygen atoms in total. The Hall–Kier alpha value is -3.48. The zero-order valence-corrected chi connectivity index (χ0v) is 13.6. The highest BCUT2D eigenvalue weighted by Crippen LogP contribution is 2.15. The summed E-state index contributed by atoms with van der Waals surface area (Å²) in [5.74, 6) is 0.336. The molecule has 7 heteroatoms. The first-order valence-electron chi connectivity index (χ1n) is 7.88. The molecule has 0 bridgehead atoms. The minimum atomic E-state index is -0.182. The van der Waals surface area contributed by atoms with Crippen molar-refractivity contribution in [1.29, 1.82) is 0 Å². The van der Waals surface area contributed by atoms with Gasteiger partial charge in [-0.15, -0.1) is 0 Å². The number of fused-ring (bicyclic) bond motifs is 1. The number of benzene rings is 1. The van der Waals surface area contributed by atoms with Crippen LogP contribution in [0.1, 0.15) is 21.7 Å². The van der Waals surface area contributed by atoms with Gasteiger partial charge in [0.1, 0.15) is 5.69 Å². The number of nitrogens with zero attached hydrogens (tertiary/aromatic N) is 5. The van der Waals surface area contributed by atoms with Crippen LogP contribution in [0.5, 0.6) is 0 Å². The minimum absolute atomic E-state index is 0.182. The van der Waals surface area contributed by atoms with Crippen LogP contribution in [0.25, 0.3) is 11.5 Å². The lowest BCUT2D eigenvalue weighted by Gasteiger charge is -2.11. The van der Waals surface area contributed by atoms with Crippen LogP contribution in [-0.4, -0.2) is 29.8 Å². The number of carbonyl (C=O) groups is 1. The van der Waals surface area contributed by atoms with Gasteiger partial charge in [0.2, 0.25) is 5.78 Å². The summed E-state index contributed by atoms with van der Waals surface area (Å²) >= 11 is 0.